The van der Waals surface area contributed by atoms with Gasteiger partial charge >= 0.3 is 0 Å². The summed E-state index contributed by atoms with van der Waals surface area (Å²) in [5, 5.41) is 1.27. The van der Waals surface area contributed by atoms with Crippen molar-refractivity contribution >= 4 is 21.0 Å². The molecule has 4 rings (SSSR count). The van der Waals surface area contributed by atoms with Crippen molar-refractivity contribution in [3.63, 3.8) is 0 Å². The van der Waals surface area contributed by atoms with Gasteiger partial charge in [0, 0.05) is 16.5 Å². The van der Waals surface area contributed by atoms with Crippen LogP contribution in [0, 0.1) is 0 Å². The molecule has 5 heteroatoms. The molecule has 1 heterocycles. The minimum absolute atomic E-state index is 0.157. The first-order valence-corrected chi connectivity index (χ1v) is 13.2. The number of para-hydroxylation sites is 1. The second kappa shape index (κ2) is 9.40. The van der Waals surface area contributed by atoms with Crippen molar-refractivity contribution in [2.45, 2.75) is 52.4 Å². The molecular formula is C29H35NO3S. The van der Waals surface area contributed by atoms with Crippen molar-refractivity contribution in [3.8, 4) is 22.4 Å². The number of hydrogen-bond donors (Lipinski definition) is 2. The number of fused-ring (bicyclic) bond motifs is 1. The predicted octanol–water partition coefficient (Wildman–Crippen LogP) is 7.60. The second-order valence-corrected chi connectivity index (χ2v) is 12.3. The van der Waals surface area contributed by atoms with Gasteiger partial charge in [0.2, 0.25) is 0 Å². The molecule has 34 heavy (non-hydrogen) atoms. The van der Waals surface area contributed by atoms with Crippen LogP contribution in [0.1, 0.15) is 52.7 Å². The molecule has 0 fully saturated rings. The van der Waals surface area contributed by atoms with Gasteiger partial charge in [-0.2, -0.15) is 8.42 Å². The molecule has 0 saturated heterocycles. The zero-order valence-electron chi connectivity index (χ0n) is 21.1. The van der Waals surface area contributed by atoms with Crippen LogP contribution >= 0.6 is 0 Å². The van der Waals surface area contributed by atoms with Gasteiger partial charge in [-0.15, -0.1) is 0 Å². The number of aromatic nitrogens is 1. The highest BCUT2D eigenvalue weighted by atomic mass is 32.2. The zero-order valence-corrected chi connectivity index (χ0v) is 21.9. The van der Waals surface area contributed by atoms with Gasteiger partial charge in [0.15, 0.2) is 0 Å². The van der Waals surface area contributed by atoms with E-state index in [1.807, 2.05) is 0 Å². The number of benzene rings is 3. The summed E-state index contributed by atoms with van der Waals surface area (Å²) in [6.45, 7) is 13.6. The van der Waals surface area contributed by atoms with Gasteiger partial charge in [0.05, 0.1) is 11.9 Å². The largest absolute Gasteiger partial charge is 0.354 e. The van der Waals surface area contributed by atoms with Gasteiger partial charge in [0.25, 0.3) is 10.1 Å². The van der Waals surface area contributed by atoms with Gasteiger partial charge in [-0.25, -0.2) is 0 Å². The molecule has 1 aromatic heterocycles. The van der Waals surface area contributed by atoms with Crippen LogP contribution in [0.3, 0.4) is 0 Å². The van der Waals surface area contributed by atoms with Gasteiger partial charge in [0.1, 0.15) is 0 Å². The Bertz CT molecular complexity index is 1360. The Balaban J connectivity index is 0.000000588. The highest BCUT2D eigenvalue weighted by molar-refractivity contribution is 7.85. The fourth-order valence-corrected chi connectivity index (χ4v) is 3.93. The molecule has 0 atom stereocenters. The van der Waals surface area contributed by atoms with E-state index >= 15 is 0 Å². The van der Waals surface area contributed by atoms with Crippen LogP contribution < -0.4 is 0 Å². The quantitative estimate of drug-likeness (QED) is 0.292. The Labute approximate surface area is 203 Å². The molecule has 0 unspecified atom stereocenters. The first-order chi connectivity index (χ1) is 15.6. The summed E-state index contributed by atoms with van der Waals surface area (Å²) in [5.74, 6) is 0. The maximum atomic E-state index is 9.19. The third kappa shape index (κ3) is 6.37. The summed E-state index contributed by atoms with van der Waals surface area (Å²) in [6, 6.07) is 26.7. The summed E-state index contributed by atoms with van der Waals surface area (Å²) in [4.78, 5) is 3.68. The topological polar surface area (TPSA) is 70.2 Å². The SMILES string of the molecule is CC(C)(C)c1ccc(-c2[nH]c3ccccc3c2-c2ccc(C(C)(C)C)cc2)cc1.CS(=O)(=O)O. The Kier molecular flexibility index (Phi) is 7.11. The highest BCUT2D eigenvalue weighted by Crippen LogP contribution is 2.39. The molecule has 4 nitrogen and oxygen atoms in total. The van der Waals surface area contributed by atoms with E-state index in [4.69, 9.17) is 4.55 Å². The van der Waals surface area contributed by atoms with Crippen molar-refractivity contribution in [1.82, 2.24) is 4.98 Å². The minimum atomic E-state index is -3.67. The van der Waals surface area contributed by atoms with E-state index in [1.54, 1.807) is 0 Å². The first kappa shape index (κ1) is 25.7. The molecule has 0 aliphatic rings. The van der Waals surface area contributed by atoms with E-state index in [-0.39, 0.29) is 10.8 Å². The van der Waals surface area contributed by atoms with Crippen LogP contribution in [0.4, 0.5) is 0 Å². The van der Waals surface area contributed by atoms with Gasteiger partial charge in [-0.1, -0.05) is 108 Å². The van der Waals surface area contributed by atoms with E-state index in [9.17, 15) is 8.42 Å². The Morgan fingerprint density at radius 1 is 0.676 bits per heavy atom. The van der Waals surface area contributed by atoms with E-state index in [2.05, 4.69) is 119 Å². The molecule has 2 N–H and O–H groups in total. The molecule has 0 aliphatic heterocycles. The van der Waals surface area contributed by atoms with E-state index in [0.29, 0.717) is 6.26 Å². The molecule has 0 spiro atoms. The number of aromatic amines is 1. The van der Waals surface area contributed by atoms with Crippen molar-refractivity contribution in [3.05, 3.63) is 83.9 Å². The fourth-order valence-electron chi connectivity index (χ4n) is 3.93. The van der Waals surface area contributed by atoms with E-state index < -0.39 is 10.1 Å². The molecule has 0 bridgehead atoms. The number of rotatable bonds is 2. The van der Waals surface area contributed by atoms with Crippen molar-refractivity contribution in [2.75, 3.05) is 6.26 Å². The Morgan fingerprint density at radius 3 is 1.53 bits per heavy atom. The van der Waals surface area contributed by atoms with Crippen LogP contribution in [0.15, 0.2) is 72.8 Å². The standard InChI is InChI=1S/C28H31N.CH4O3S/c1-27(2,3)21-15-11-19(12-16-21)25-23-9-7-8-10-24(23)29-26(25)20-13-17-22(18-14-20)28(4,5)6;1-5(2,3)4/h7-18,29H,1-6H3;1H3,(H,2,3,4). The van der Waals surface area contributed by atoms with Crippen molar-refractivity contribution in [1.29, 1.82) is 0 Å². The van der Waals surface area contributed by atoms with E-state index in [0.717, 1.165) is 0 Å². The zero-order chi connectivity index (χ0) is 25.3. The molecule has 0 radical (unpaired) electrons. The summed E-state index contributed by atoms with van der Waals surface area (Å²) >= 11 is 0. The summed E-state index contributed by atoms with van der Waals surface area (Å²) in [5.41, 5.74) is 9.16. The number of nitrogens with one attached hydrogen (secondary N) is 1. The predicted molar refractivity (Wildman–Crippen MR) is 144 cm³/mol. The van der Waals surface area contributed by atoms with Gasteiger partial charge in [-0.05, 0) is 39.2 Å². The van der Waals surface area contributed by atoms with Crippen LogP contribution in [0.25, 0.3) is 33.3 Å². The normalized spacial score (nSPS) is 12.4. The smallest absolute Gasteiger partial charge is 0.261 e. The molecule has 4 aromatic rings. The van der Waals surface area contributed by atoms with Crippen LogP contribution in [0.2, 0.25) is 0 Å². The summed E-state index contributed by atoms with van der Waals surface area (Å²) in [7, 11) is -3.67. The van der Waals surface area contributed by atoms with Gasteiger partial charge < -0.3 is 4.98 Å². The maximum Gasteiger partial charge on any atom is 0.261 e. The van der Waals surface area contributed by atoms with E-state index in [1.165, 1.54) is 44.4 Å². The lowest BCUT2D eigenvalue weighted by molar-refractivity contribution is 0.490. The highest BCUT2D eigenvalue weighted by Gasteiger charge is 2.18. The first-order valence-electron chi connectivity index (χ1n) is 11.4. The Morgan fingerprint density at radius 2 is 1.09 bits per heavy atom. The summed E-state index contributed by atoms with van der Waals surface area (Å²) in [6.07, 6.45) is 0.715. The molecular weight excluding hydrogens is 442 g/mol. The molecule has 0 saturated carbocycles. The average molecular weight is 478 g/mol. The average Bonchev–Trinajstić information content (AvgIpc) is 3.11. The Hall–Kier alpha value is -2.89. The molecule has 0 amide bonds. The van der Waals surface area contributed by atoms with Crippen LogP contribution in [-0.2, 0) is 20.9 Å². The lowest BCUT2D eigenvalue weighted by atomic mass is 9.85. The lowest BCUT2D eigenvalue weighted by Gasteiger charge is -2.20. The molecule has 3 aromatic carbocycles. The van der Waals surface area contributed by atoms with Gasteiger partial charge in [-0.3, -0.25) is 4.55 Å². The van der Waals surface area contributed by atoms with Crippen LogP contribution in [-0.4, -0.2) is 24.2 Å². The molecule has 180 valence electrons. The van der Waals surface area contributed by atoms with Crippen molar-refractivity contribution < 1.29 is 13.0 Å². The third-order valence-corrected chi connectivity index (χ3v) is 5.79. The van der Waals surface area contributed by atoms with Crippen molar-refractivity contribution in [2.24, 2.45) is 0 Å². The third-order valence-electron chi connectivity index (χ3n) is 5.79. The minimum Gasteiger partial charge on any atom is -0.354 e. The maximum absolute atomic E-state index is 9.19. The second-order valence-electron chi connectivity index (χ2n) is 10.8. The fraction of sp³-hybridized carbons (Fsp3) is 0.310. The molecule has 0 aliphatic carbocycles. The lowest BCUT2D eigenvalue weighted by Crippen LogP contribution is -2.10. The number of H-pyrrole nitrogens is 1. The number of hydrogen-bond acceptors (Lipinski definition) is 2. The van der Waals surface area contributed by atoms with Crippen LogP contribution in [0.5, 0.6) is 0 Å². The summed E-state index contributed by atoms with van der Waals surface area (Å²) < 4.78 is 25.9. The monoisotopic (exact) mass is 477 g/mol.